The van der Waals surface area contributed by atoms with Crippen LogP contribution in [0.1, 0.15) is 16.1 Å². The zero-order valence-corrected chi connectivity index (χ0v) is 18.8. The van der Waals surface area contributed by atoms with E-state index >= 15 is 0 Å². The van der Waals surface area contributed by atoms with Crippen LogP contribution in [-0.2, 0) is 10.5 Å². The van der Waals surface area contributed by atoms with Gasteiger partial charge in [0, 0.05) is 27.8 Å². The second-order valence-electron chi connectivity index (χ2n) is 7.01. The number of para-hydroxylation sites is 1. The summed E-state index contributed by atoms with van der Waals surface area (Å²) in [5.41, 5.74) is 2.46. The Kier molecular flexibility index (Phi) is 6.39. The molecule has 2 aromatic carbocycles. The Bertz CT molecular complexity index is 1280. The first-order chi connectivity index (χ1) is 15.0. The number of thiazole rings is 1. The lowest BCUT2D eigenvalue weighted by Gasteiger charge is -2.11. The largest absolute Gasteiger partial charge is 0.484 e. The Morgan fingerprint density at radius 3 is 2.74 bits per heavy atom. The Morgan fingerprint density at radius 1 is 1.16 bits per heavy atom. The van der Waals surface area contributed by atoms with Crippen molar-refractivity contribution in [3.8, 4) is 5.75 Å². The normalized spacial score (nSPS) is 10.9. The summed E-state index contributed by atoms with van der Waals surface area (Å²) in [4.78, 5) is 31.9. The molecule has 0 saturated carbocycles. The zero-order chi connectivity index (χ0) is 21.8. The number of rotatable bonds is 7. The highest BCUT2D eigenvalue weighted by Gasteiger charge is 2.10. The number of anilines is 1. The molecule has 2 aromatic heterocycles. The number of aryl methyl sites for hydroxylation is 2. The third-order valence-corrected chi connectivity index (χ3v) is 6.47. The number of nitrogens with one attached hydrogen (secondary N) is 1. The Labute approximate surface area is 187 Å². The molecule has 0 aliphatic carbocycles. The Hall–Kier alpha value is -3.10. The van der Waals surface area contributed by atoms with Crippen LogP contribution < -0.4 is 15.6 Å². The Morgan fingerprint density at radius 2 is 1.94 bits per heavy atom. The summed E-state index contributed by atoms with van der Waals surface area (Å²) in [6.07, 6.45) is 1.80. The van der Waals surface area contributed by atoms with Gasteiger partial charge in [-0.1, -0.05) is 29.8 Å². The van der Waals surface area contributed by atoms with Crippen LogP contribution in [-0.4, -0.2) is 21.9 Å². The number of benzene rings is 2. The van der Waals surface area contributed by atoms with Gasteiger partial charge in [0.15, 0.2) is 11.6 Å². The van der Waals surface area contributed by atoms with Crippen molar-refractivity contribution in [1.82, 2.24) is 9.38 Å². The highest BCUT2D eigenvalue weighted by Crippen LogP contribution is 2.29. The summed E-state index contributed by atoms with van der Waals surface area (Å²) in [5, 5.41) is 2.90. The van der Waals surface area contributed by atoms with Gasteiger partial charge in [0.2, 0.25) is 0 Å². The van der Waals surface area contributed by atoms with Crippen LogP contribution >= 0.6 is 23.1 Å². The van der Waals surface area contributed by atoms with Gasteiger partial charge in [0.1, 0.15) is 5.75 Å². The third-order valence-electron chi connectivity index (χ3n) is 4.46. The van der Waals surface area contributed by atoms with E-state index in [0.29, 0.717) is 27.8 Å². The molecule has 158 valence electrons. The predicted molar refractivity (Wildman–Crippen MR) is 125 cm³/mol. The van der Waals surface area contributed by atoms with Gasteiger partial charge in [-0.3, -0.25) is 14.0 Å². The van der Waals surface area contributed by atoms with Gasteiger partial charge in [0.05, 0.1) is 11.4 Å². The first kappa shape index (κ1) is 21.1. The molecule has 0 unspecified atom stereocenters. The van der Waals surface area contributed by atoms with Gasteiger partial charge in [0.25, 0.3) is 11.5 Å². The summed E-state index contributed by atoms with van der Waals surface area (Å²) < 4.78 is 7.12. The highest BCUT2D eigenvalue weighted by atomic mass is 32.2. The fourth-order valence-electron chi connectivity index (χ4n) is 2.95. The van der Waals surface area contributed by atoms with Crippen molar-refractivity contribution in [3.05, 3.63) is 87.3 Å². The van der Waals surface area contributed by atoms with Crippen molar-refractivity contribution in [2.45, 2.75) is 24.5 Å². The summed E-state index contributed by atoms with van der Waals surface area (Å²) in [6.45, 7) is 3.88. The first-order valence-electron chi connectivity index (χ1n) is 9.68. The highest BCUT2D eigenvalue weighted by molar-refractivity contribution is 7.98. The molecule has 6 nitrogen and oxygen atoms in total. The second kappa shape index (κ2) is 9.36. The molecule has 2 heterocycles. The van der Waals surface area contributed by atoms with Gasteiger partial charge >= 0.3 is 0 Å². The van der Waals surface area contributed by atoms with Crippen LogP contribution in [0.15, 0.2) is 70.5 Å². The van der Waals surface area contributed by atoms with Crippen molar-refractivity contribution in [3.63, 3.8) is 0 Å². The topological polar surface area (TPSA) is 72.7 Å². The smallest absolute Gasteiger partial charge is 0.262 e. The van der Waals surface area contributed by atoms with E-state index in [4.69, 9.17) is 4.74 Å². The molecule has 0 radical (unpaired) electrons. The van der Waals surface area contributed by atoms with E-state index in [9.17, 15) is 9.59 Å². The summed E-state index contributed by atoms with van der Waals surface area (Å²) >= 11 is 3.01. The lowest BCUT2D eigenvalue weighted by atomic mass is 10.2. The maximum Gasteiger partial charge on any atom is 0.262 e. The minimum Gasteiger partial charge on any atom is -0.484 e. The molecule has 0 aliphatic rings. The third kappa shape index (κ3) is 5.34. The molecule has 31 heavy (non-hydrogen) atoms. The molecule has 4 aromatic rings. The van der Waals surface area contributed by atoms with E-state index in [1.165, 1.54) is 23.1 Å². The van der Waals surface area contributed by atoms with Crippen molar-refractivity contribution in [1.29, 1.82) is 0 Å². The zero-order valence-electron chi connectivity index (χ0n) is 17.1. The number of amides is 1. The molecular formula is C23H21N3O3S2. The summed E-state index contributed by atoms with van der Waals surface area (Å²) in [6, 6.07) is 16.7. The van der Waals surface area contributed by atoms with Crippen LogP contribution in [0.25, 0.3) is 4.96 Å². The van der Waals surface area contributed by atoms with Crippen molar-refractivity contribution >= 4 is 39.7 Å². The van der Waals surface area contributed by atoms with Crippen molar-refractivity contribution in [2.75, 3.05) is 11.9 Å². The average molecular weight is 452 g/mol. The molecule has 8 heteroatoms. The van der Waals surface area contributed by atoms with E-state index in [0.717, 1.165) is 15.3 Å². The average Bonchev–Trinajstić information content (AvgIpc) is 3.13. The fourth-order valence-corrected chi connectivity index (χ4v) is 4.70. The number of ether oxygens (including phenoxy) is 1. The molecule has 0 saturated heterocycles. The lowest BCUT2D eigenvalue weighted by molar-refractivity contribution is -0.118. The van der Waals surface area contributed by atoms with Gasteiger partial charge in [-0.2, -0.15) is 0 Å². The van der Waals surface area contributed by atoms with E-state index in [2.05, 4.69) is 10.3 Å². The first-order valence-corrected chi connectivity index (χ1v) is 11.5. The number of hydrogen-bond acceptors (Lipinski definition) is 6. The van der Waals surface area contributed by atoms with Crippen LogP contribution in [0.4, 0.5) is 5.69 Å². The van der Waals surface area contributed by atoms with Crippen LogP contribution in [0, 0.1) is 13.8 Å². The molecule has 0 aliphatic heterocycles. The monoisotopic (exact) mass is 451 g/mol. The number of nitrogens with zero attached hydrogens (tertiary/aromatic N) is 2. The fraction of sp³-hybridized carbons (Fsp3) is 0.174. The van der Waals surface area contributed by atoms with E-state index in [1.54, 1.807) is 16.7 Å². The number of aromatic nitrogens is 2. The maximum atomic E-state index is 12.4. The van der Waals surface area contributed by atoms with Gasteiger partial charge in [-0.05, 0) is 38.1 Å². The van der Waals surface area contributed by atoms with Crippen molar-refractivity contribution in [2.24, 2.45) is 0 Å². The molecule has 0 atom stereocenters. The number of carbonyl (C=O) groups is 1. The minimum atomic E-state index is -0.236. The lowest BCUT2D eigenvalue weighted by Crippen LogP contribution is -2.20. The molecule has 4 rings (SSSR count). The maximum absolute atomic E-state index is 12.4. The van der Waals surface area contributed by atoms with Gasteiger partial charge < -0.3 is 10.1 Å². The molecule has 0 spiro atoms. The molecular weight excluding hydrogens is 430 g/mol. The predicted octanol–water partition coefficient (Wildman–Crippen LogP) is 4.68. The second-order valence-corrected chi connectivity index (χ2v) is 9.25. The van der Waals surface area contributed by atoms with E-state index in [-0.39, 0.29) is 18.1 Å². The number of thioether (sulfide) groups is 1. The van der Waals surface area contributed by atoms with Crippen LogP contribution in [0.2, 0.25) is 0 Å². The SMILES string of the molecule is Cc1ccc(OCC(=O)Nc2ccccc2SCc2cc(=O)n3cc(C)sc3n2)cc1. The summed E-state index contributed by atoms with van der Waals surface area (Å²) in [7, 11) is 0. The molecule has 0 fully saturated rings. The quantitative estimate of drug-likeness (QED) is 0.413. The van der Waals surface area contributed by atoms with E-state index in [1.807, 2.05) is 62.4 Å². The standard InChI is InChI=1S/C23H21N3O3S2/c1-15-7-9-18(10-8-15)29-13-21(27)25-19-5-3-4-6-20(19)30-14-17-11-22(28)26-12-16(2)31-23(26)24-17/h3-12H,13-14H2,1-2H3,(H,25,27). The molecule has 0 bridgehead atoms. The Balaban J connectivity index is 1.40. The molecule has 1 amide bonds. The van der Waals surface area contributed by atoms with Crippen LogP contribution in [0.5, 0.6) is 5.75 Å². The number of hydrogen-bond donors (Lipinski definition) is 1. The van der Waals surface area contributed by atoms with E-state index < -0.39 is 0 Å². The number of fused-ring (bicyclic) bond motifs is 1. The summed E-state index contributed by atoms with van der Waals surface area (Å²) in [5.74, 6) is 0.940. The van der Waals surface area contributed by atoms with Crippen LogP contribution in [0.3, 0.4) is 0 Å². The molecule has 1 N–H and O–H groups in total. The van der Waals surface area contributed by atoms with Gasteiger partial charge in [-0.25, -0.2) is 4.98 Å². The number of carbonyl (C=O) groups excluding carboxylic acids is 1. The minimum absolute atomic E-state index is 0.0746. The van der Waals surface area contributed by atoms with Gasteiger partial charge in [-0.15, -0.1) is 23.1 Å². The van der Waals surface area contributed by atoms with Crippen molar-refractivity contribution < 1.29 is 9.53 Å².